The van der Waals surface area contributed by atoms with Crippen molar-refractivity contribution < 1.29 is 4.74 Å². The van der Waals surface area contributed by atoms with Gasteiger partial charge in [-0.25, -0.2) is 0 Å². The Morgan fingerprint density at radius 1 is 1.00 bits per heavy atom. The summed E-state index contributed by atoms with van der Waals surface area (Å²) in [7, 11) is 2.22. The average molecular weight is 551 g/mol. The Morgan fingerprint density at radius 3 is 2.32 bits per heavy atom. The summed E-state index contributed by atoms with van der Waals surface area (Å²) in [6.45, 7) is 17.1. The molecule has 3 fully saturated rings. The van der Waals surface area contributed by atoms with Gasteiger partial charge in [0.05, 0.1) is 19.8 Å². The SMILES string of the molecule is CCNC(=NCC1(N2CCOCC2)CCCCC1)NCC(C)CN1CCN(C)CC1.I. The van der Waals surface area contributed by atoms with E-state index in [2.05, 4.69) is 46.2 Å². The third-order valence-electron chi connectivity index (χ3n) is 7.13. The normalized spacial score (nSPS) is 24.9. The van der Waals surface area contributed by atoms with Gasteiger partial charge in [-0.05, 0) is 32.7 Å². The highest BCUT2D eigenvalue weighted by Gasteiger charge is 2.38. The monoisotopic (exact) mass is 550 g/mol. The van der Waals surface area contributed by atoms with Crippen LogP contribution in [0.1, 0.15) is 46.0 Å². The first-order chi connectivity index (χ1) is 14.6. The molecule has 0 spiro atoms. The molecule has 7 nitrogen and oxygen atoms in total. The van der Waals surface area contributed by atoms with Gasteiger partial charge in [0.1, 0.15) is 0 Å². The molecule has 2 aliphatic heterocycles. The smallest absolute Gasteiger partial charge is 0.191 e. The van der Waals surface area contributed by atoms with Crippen LogP contribution in [0.25, 0.3) is 0 Å². The van der Waals surface area contributed by atoms with Crippen molar-refractivity contribution in [2.45, 2.75) is 51.5 Å². The number of nitrogens with one attached hydrogen (secondary N) is 2. The highest BCUT2D eigenvalue weighted by atomic mass is 127. The molecule has 1 aliphatic carbocycles. The minimum atomic E-state index is 0. The summed E-state index contributed by atoms with van der Waals surface area (Å²) in [5.41, 5.74) is 0.232. The summed E-state index contributed by atoms with van der Waals surface area (Å²) >= 11 is 0. The Balaban J connectivity index is 0.00000341. The number of rotatable bonds is 8. The maximum Gasteiger partial charge on any atom is 0.191 e. The lowest BCUT2D eigenvalue weighted by Crippen LogP contribution is -2.56. The van der Waals surface area contributed by atoms with Crippen LogP contribution in [0, 0.1) is 5.92 Å². The van der Waals surface area contributed by atoms with Crippen LogP contribution in [0.15, 0.2) is 4.99 Å². The largest absolute Gasteiger partial charge is 0.379 e. The van der Waals surface area contributed by atoms with Crippen LogP contribution >= 0.6 is 24.0 Å². The van der Waals surface area contributed by atoms with Crippen LogP contribution in [-0.2, 0) is 4.74 Å². The van der Waals surface area contributed by atoms with Gasteiger partial charge in [-0.15, -0.1) is 24.0 Å². The number of aliphatic imine (C=N–C) groups is 1. The van der Waals surface area contributed by atoms with Crippen LogP contribution in [-0.4, -0.2) is 112 Å². The van der Waals surface area contributed by atoms with E-state index in [-0.39, 0.29) is 29.5 Å². The Bertz CT molecular complexity index is 514. The quantitative estimate of drug-likeness (QED) is 0.274. The Labute approximate surface area is 207 Å². The highest BCUT2D eigenvalue weighted by molar-refractivity contribution is 14.0. The van der Waals surface area contributed by atoms with Gasteiger partial charge in [-0.3, -0.25) is 9.89 Å². The first kappa shape index (κ1) is 27.1. The van der Waals surface area contributed by atoms with Gasteiger partial charge >= 0.3 is 0 Å². The van der Waals surface area contributed by atoms with E-state index < -0.39 is 0 Å². The van der Waals surface area contributed by atoms with Crippen molar-refractivity contribution in [3.63, 3.8) is 0 Å². The van der Waals surface area contributed by atoms with Gasteiger partial charge in [-0.1, -0.05) is 26.2 Å². The second-order valence-corrected chi connectivity index (χ2v) is 9.67. The number of piperazine rings is 1. The molecule has 0 aromatic carbocycles. The molecule has 2 N–H and O–H groups in total. The number of hydrogen-bond acceptors (Lipinski definition) is 5. The second-order valence-electron chi connectivity index (χ2n) is 9.67. The van der Waals surface area contributed by atoms with E-state index >= 15 is 0 Å². The fourth-order valence-electron chi connectivity index (χ4n) is 5.20. The lowest BCUT2D eigenvalue weighted by atomic mass is 9.80. The molecule has 182 valence electrons. The molecule has 0 aromatic rings. The van der Waals surface area contributed by atoms with Crippen LogP contribution < -0.4 is 10.6 Å². The van der Waals surface area contributed by atoms with Crippen molar-refractivity contribution in [2.24, 2.45) is 10.9 Å². The van der Waals surface area contributed by atoms with Crippen molar-refractivity contribution in [2.75, 3.05) is 85.7 Å². The molecular weight excluding hydrogens is 503 g/mol. The van der Waals surface area contributed by atoms with E-state index in [1.165, 1.54) is 58.3 Å². The number of hydrogen-bond donors (Lipinski definition) is 2. The molecule has 1 atom stereocenters. The first-order valence-corrected chi connectivity index (χ1v) is 12.4. The number of morpholine rings is 1. The molecule has 0 bridgehead atoms. The Kier molecular flexibility index (Phi) is 12.4. The topological polar surface area (TPSA) is 55.4 Å². The molecule has 0 radical (unpaired) electrons. The highest BCUT2D eigenvalue weighted by Crippen LogP contribution is 2.34. The standard InChI is InChI=1S/C23H46N6O.HI/c1-4-24-22(25-18-21(2)19-28-12-10-27(3)11-13-28)26-20-23(8-6-5-7-9-23)29-14-16-30-17-15-29;/h21H,4-20H2,1-3H3,(H2,24,25,26);1H. The second kappa shape index (κ2) is 14.2. The maximum atomic E-state index is 5.62. The zero-order chi connectivity index (χ0) is 21.2. The lowest BCUT2D eigenvalue weighted by Gasteiger charge is -2.47. The molecular formula is C23H47IN6O. The number of likely N-dealkylation sites (N-methyl/N-ethyl adjacent to an activating group) is 1. The third-order valence-corrected chi connectivity index (χ3v) is 7.13. The number of guanidine groups is 1. The summed E-state index contributed by atoms with van der Waals surface area (Å²) in [6.07, 6.45) is 6.58. The van der Waals surface area contributed by atoms with Gasteiger partial charge in [0, 0.05) is 64.4 Å². The fourth-order valence-corrected chi connectivity index (χ4v) is 5.20. The predicted molar refractivity (Wildman–Crippen MR) is 141 cm³/mol. The van der Waals surface area contributed by atoms with E-state index in [4.69, 9.17) is 9.73 Å². The van der Waals surface area contributed by atoms with Crippen molar-refractivity contribution in [1.82, 2.24) is 25.3 Å². The van der Waals surface area contributed by atoms with Crippen LogP contribution in [0.4, 0.5) is 0 Å². The van der Waals surface area contributed by atoms with Crippen molar-refractivity contribution in [3.05, 3.63) is 0 Å². The molecule has 3 aliphatic rings. The summed E-state index contributed by atoms with van der Waals surface area (Å²) in [5, 5.41) is 7.12. The predicted octanol–water partition coefficient (Wildman–Crippen LogP) is 2.08. The van der Waals surface area contributed by atoms with Crippen molar-refractivity contribution in [3.8, 4) is 0 Å². The van der Waals surface area contributed by atoms with Crippen LogP contribution in [0.3, 0.4) is 0 Å². The van der Waals surface area contributed by atoms with E-state index in [9.17, 15) is 0 Å². The molecule has 1 saturated carbocycles. The van der Waals surface area contributed by atoms with Gasteiger partial charge in [-0.2, -0.15) is 0 Å². The van der Waals surface area contributed by atoms with Gasteiger partial charge < -0.3 is 25.2 Å². The zero-order valence-electron chi connectivity index (χ0n) is 20.2. The molecule has 1 unspecified atom stereocenters. The Morgan fingerprint density at radius 2 is 1.68 bits per heavy atom. The van der Waals surface area contributed by atoms with E-state index in [0.29, 0.717) is 5.92 Å². The number of ether oxygens (including phenoxy) is 1. The van der Waals surface area contributed by atoms with Crippen molar-refractivity contribution >= 4 is 29.9 Å². The summed E-state index contributed by atoms with van der Waals surface area (Å²) in [6, 6.07) is 0. The molecule has 8 heteroatoms. The van der Waals surface area contributed by atoms with Gasteiger partial charge in [0.25, 0.3) is 0 Å². The summed E-state index contributed by atoms with van der Waals surface area (Å²) in [5.74, 6) is 1.60. The first-order valence-electron chi connectivity index (χ1n) is 12.4. The van der Waals surface area contributed by atoms with Crippen LogP contribution in [0.5, 0.6) is 0 Å². The molecule has 2 heterocycles. The minimum absolute atomic E-state index is 0. The maximum absolute atomic E-state index is 5.62. The zero-order valence-corrected chi connectivity index (χ0v) is 22.5. The van der Waals surface area contributed by atoms with Gasteiger partial charge in [0.2, 0.25) is 0 Å². The lowest BCUT2D eigenvalue weighted by molar-refractivity contribution is -0.0333. The molecule has 0 amide bonds. The molecule has 3 rings (SSSR count). The summed E-state index contributed by atoms with van der Waals surface area (Å²) in [4.78, 5) is 12.8. The average Bonchev–Trinajstić information content (AvgIpc) is 2.78. The van der Waals surface area contributed by atoms with E-state index in [1.807, 2.05) is 0 Å². The Hall–Kier alpha value is -0.160. The van der Waals surface area contributed by atoms with E-state index in [1.54, 1.807) is 0 Å². The van der Waals surface area contributed by atoms with E-state index in [0.717, 1.165) is 58.4 Å². The molecule has 31 heavy (non-hydrogen) atoms. The summed E-state index contributed by atoms with van der Waals surface area (Å²) < 4.78 is 5.62. The number of nitrogens with zero attached hydrogens (tertiary/aromatic N) is 4. The molecule has 0 aromatic heterocycles. The third kappa shape index (κ3) is 8.61. The fraction of sp³-hybridized carbons (Fsp3) is 0.957. The minimum Gasteiger partial charge on any atom is -0.379 e. The van der Waals surface area contributed by atoms with Gasteiger partial charge in [0.15, 0.2) is 5.96 Å². The van der Waals surface area contributed by atoms with Crippen LogP contribution in [0.2, 0.25) is 0 Å². The molecule has 2 saturated heterocycles. The number of halogens is 1. The van der Waals surface area contributed by atoms with Crippen molar-refractivity contribution in [1.29, 1.82) is 0 Å².